The van der Waals surface area contributed by atoms with Crippen molar-refractivity contribution in [3.63, 3.8) is 0 Å². The Balaban J connectivity index is 1.15. The lowest BCUT2D eigenvalue weighted by Crippen LogP contribution is -1.97. The molecule has 0 aliphatic heterocycles. The summed E-state index contributed by atoms with van der Waals surface area (Å²) in [5.41, 5.74) is 12.3. The van der Waals surface area contributed by atoms with Crippen LogP contribution in [0.25, 0.3) is 109 Å². The molecule has 57 heavy (non-hydrogen) atoms. The first-order chi connectivity index (χ1) is 28.2. The normalized spacial score (nSPS) is 11.5. The largest absolute Gasteiger partial charge is 0.247 e. The molecule has 0 radical (unpaired) electrons. The summed E-state index contributed by atoms with van der Waals surface area (Å²) in [6.45, 7) is 0. The average Bonchev–Trinajstić information content (AvgIpc) is 3.68. The second-order valence-corrected chi connectivity index (χ2v) is 15.5. The van der Waals surface area contributed by atoms with Gasteiger partial charge in [-0.3, -0.25) is 0 Å². The molecule has 8 aromatic carbocycles. The van der Waals surface area contributed by atoms with Crippen LogP contribution in [0.3, 0.4) is 0 Å². The molecule has 11 rings (SSSR count). The van der Waals surface area contributed by atoms with E-state index in [0.29, 0.717) is 5.82 Å². The van der Waals surface area contributed by atoms with Crippen molar-refractivity contribution >= 4 is 53.2 Å². The van der Waals surface area contributed by atoms with Crippen molar-refractivity contribution in [2.24, 2.45) is 0 Å². The predicted molar refractivity (Wildman–Crippen MR) is 240 cm³/mol. The second-order valence-electron chi connectivity index (χ2n) is 14.4. The van der Waals surface area contributed by atoms with E-state index >= 15 is 0 Å². The van der Waals surface area contributed by atoms with Gasteiger partial charge in [0.15, 0.2) is 5.82 Å². The van der Waals surface area contributed by atoms with Crippen molar-refractivity contribution in [2.45, 2.75) is 0 Å². The number of fused-ring (bicyclic) bond motifs is 7. The van der Waals surface area contributed by atoms with Gasteiger partial charge in [-0.1, -0.05) is 164 Å². The summed E-state index contributed by atoms with van der Waals surface area (Å²) in [6.07, 6.45) is 0. The summed E-state index contributed by atoms with van der Waals surface area (Å²) in [7, 11) is 0. The molecule has 3 aromatic heterocycles. The Labute approximate surface area is 334 Å². The number of pyridine rings is 1. The Morgan fingerprint density at radius 3 is 1.54 bits per heavy atom. The highest BCUT2D eigenvalue weighted by atomic mass is 32.1. The van der Waals surface area contributed by atoms with Crippen molar-refractivity contribution < 1.29 is 0 Å². The van der Waals surface area contributed by atoms with E-state index in [-0.39, 0.29) is 0 Å². The summed E-state index contributed by atoms with van der Waals surface area (Å²) in [6, 6.07) is 70.7. The third kappa shape index (κ3) is 5.95. The molecule has 0 amide bonds. The summed E-state index contributed by atoms with van der Waals surface area (Å²) in [5, 5.41) is 6.08. The van der Waals surface area contributed by atoms with E-state index in [1.54, 1.807) is 0 Å². The van der Waals surface area contributed by atoms with Crippen LogP contribution in [-0.4, -0.2) is 15.0 Å². The van der Waals surface area contributed by atoms with Crippen LogP contribution in [-0.2, 0) is 0 Å². The molecule has 0 N–H and O–H groups in total. The fourth-order valence-corrected chi connectivity index (χ4v) is 9.23. The molecular weight excluding hydrogens is 711 g/mol. The van der Waals surface area contributed by atoms with E-state index < -0.39 is 0 Å². The van der Waals surface area contributed by atoms with E-state index in [4.69, 9.17) is 15.0 Å². The van der Waals surface area contributed by atoms with Crippen LogP contribution in [0.2, 0.25) is 0 Å². The van der Waals surface area contributed by atoms with Crippen LogP contribution in [0.1, 0.15) is 0 Å². The molecule has 0 unspecified atom stereocenters. The van der Waals surface area contributed by atoms with Gasteiger partial charge < -0.3 is 0 Å². The van der Waals surface area contributed by atoms with Gasteiger partial charge in [-0.25, -0.2) is 15.0 Å². The topological polar surface area (TPSA) is 38.7 Å². The van der Waals surface area contributed by atoms with Gasteiger partial charge in [-0.2, -0.15) is 0 Å². The molecule has 0 aliphatic carbocycles. The van der Waals surface area contributed by atoms with Crippen LogP contribution in [0.4, 0.5) is 0 Å². The number of nitrogens with zero attached hydrogens (tertiary/aromatic N) is 3. The molecule has 0 saturated carbocycles. The first-order valence-corrected chi connectivity index (χ1v) is 20.0. The zero-order valence-corrected chi connectivity index (χ0v) is 31.6. The fraction of sp³-hybridized carbons (Fsp3) is 0. The quantitative estimate of drug-likeness (QED) is 0.159. The number of hydrogen-bond donors (Lipinski definition) is 0. The van der Waals surface area contributed by atoms with E-state index in [1.807, 2.05) is 17.4 Å². The highest BCUT2D eigenvalue weighted by Crippen LogP contribution is 2.44. The smallest absolute Gasteiger partial charge is 0.160 e. The molecule has 3 heterocycles. The van der Waals surface area contributed by atoms with Gasteiger partial charge in [0, 0.05) is 58.6 Å². The van der Waals surface area contributed by atoms with E-state index in [0.717, 1.165) is 72.3 Å². The van der Waals surface area contributed by atoms with Crippen molar-refractivity contribution in [3.05, 3.63) is 200 Å². The second kappa shape index (κ2) is 13.8. The lowest BCUT2D eigenvalue weighted by atomic mass is 9.95. The molecule has 266 valence electrons. The number of aromatic nitrogens is 3. The lowest BCUT2D eigenvalue weighted by molar-refractivity contribution is 1.18. The first-order valence-electron chi connectivity index (χ1n) is 19.2. The summed E-state index contributed by atoms with van der Waals surface area (Å²) >= 11 is 1.85. The molecule has 3 nitrogen and oxygen atoms in total. The van der Waals surface area contributed by atoms with E-state index in [2.05, 4.69) is 194 Å². The predicted octanol–water partition coefficient (Wildman–Crippen LogP) is 14.5. The van der Waals surface area contributed by atoms with E-state index in [1.165, 1.54) is 31.1 Å². The molecule has 0 atom stereocenters. The number of thiophene rings is 1. The third-order valence-corrected chi connectivity index (χ3v) is 12.0. The Morgan fingerprint density at radius 2 is 0.842 bits per heavy atom. The molecule has 4 heteroatoms. The van der Waals surface area contributed by atoms with Gasteiger partial charge in [0.25, 0.3) is 0 Å². The average molecular weight is 744 g/mol. The minimum atomic E-state index is 0.674. The maximum atomic E-state index is 5.44. The zero-order valence-electron chi connectivity index (χ0n) is 30.8. The van der Waals surface area contributed by atoms with Crippen molar-refractivity contribution in [3.8, 4) is 67.4 Å². The molecular formula is C53H33N3S. The van der Waals surface area contributed by atoms with Crippen LogP contribution < -0.4 is 0 Å². The monoisotopic (exact) mass is 743 g/mol. The molecule has 0 aliphatic rings. The Kier molecular flexibility index (Phi) is 8.01. The van der Waals surface area contributed by atoms with Gasteiger partial charge in [0.2, 0.25) is 0 Å². The minimum Gasteiger partial charge on any atom is -0.247 e. The van der Waals surface area contributed by atoms with Gasteiger partial charge in [0.05, 0.1) is 22.6 Å². The Morgan fingerprint density at radius 1 is 0.298 bits per heavy atom. The maximum absolute atomic E-state index is 5.44. The third-order valence-electron chi connectivity index (χ3n) is 10.9. The van der Waals surface area contributed by atoms with E-state index in [9.17, 15) is 0 Å². The maximum Gasteiger partial charge on any atom is 0.160 e. The first kappa shape index (κ1) is 33.1. The van der Waals surface area contributed by atoms with Gasteiger partial charge in [0.1, 0.15) is 0 Å². The van der Waals surface area contributed by atoms with Gasteiger partial charge >= 0.3 is 0 Å². The van der Waals surface area contributed by atoms with Crippen molar-refractivity contribution in [1.82, 2.24) is 15.0 Å². The highest BCUT2D eigenvalue weighted by molar-refractivity contribution is 7.26. The van der Waals surface area contributed by atoms with Crippen LogP contribution >= 0.6 is 11.3 Å². The lowest BCUT2D eigenvalue weighted by Gasteiger charge is -2.14. The van der Waals surface area contributed by atoms with Crippen molar-refractivity contribution in [2.75, 3.05) is 0 Å². The number of benzene rings is 8. The molecule has 0 bridgehead atoms. The number of hydrogen-bond acceptors (Lipinski definition) is 4. The Hall–Kier alpha value is -7.27. The van der Waals surface area contributed by atoms with Crippen molar-refractivity contribution in [1.29, 1.82) is 0 Å². The molecule has 11 aromatic rings. The van der Waals surface area contributed by atoms with Gasteiger partial charge in [-0.05, 0) is 58.7 Å². The highest BCUT2D eigenvalue weighted by Gasteiger charge is 2.18. The molecule has 0 fully saturated rings. The summed E-state index contributed by atoms with van der Waals surface area (Å²) < 4.78 is 2.57. The molecule has 0 saturated heterocycles. The standard InChI is InChI=1S/C53H33N3S/c1-4-14-34(15-5-1)37-20-12-22-39(30-37)45-33-46(56-53(55-45)41-23-13-21-38(31-41)35-16-6-2-7-17-35)40-26-27-42-47(32-40)54-52(36-18-8-3-9-19-36)44-28-29-49-51(50(42)44)43-24-10-11-25-48(43)57-49/h1-33H. The fourth-order valence-electron chi connectivity index (χ4n) is 8.11. The van der Waals surface area contributed by atoms with Gasteiger partial charge in [-0.15, -0.1) is 11.3 Å². The zero-order chi connectivity index (χ0) is 37.7. The van der Waals surface area contributed by atoms with Crippen LogP contribution in [0.15, 0.2) is 200 Å². The summed E-state index contributed by atoms with van der Waals surface area (Å²) in [5.74, 6) is 0.674. The van der Waals surface area contributed by atoms with Crippen LogP contribution in [0.5, 0.6) is 0 Å². The minimum absolute atomic E-state index is 0.674. The Bertz CT molecular complexity index is 3180. The van der Waals surface area contributed by atoms with Crippen LogP contribution in [0, 0.1) is 0 Å². The SMILES string of the molecule is c1ccc(-c2cccc(-c3cc(-c4ccc5c(c4)nc(-c4ccccc4)c4ccc6sc7ccccc7c6c45)nc(-c4cccc(-c5ccccc5)c4)n3)c2)cc1. The molecule has 0 spiro atoms. The number of rotatable bonds is 6. The summed E-state index contributed by atoms with van der Waals surface area (Å²) in [4.78, 5) is 16.0.